The Labute approximate surface area is 151 Å². The molecule has 8 heteroatoms. The van der Waals surface area contributed by atoms with E-state index in [1.165, 1.54) is 19.1 Å². The van der Waals surface area contributed by atoms with Crippen LogP contribution in [0.3, 0.4) is 0 Å². The van der Waals surface area contributed by atoms with Gasteiger partial charge in [0.05, 0.1) is 24.7 Å². The van der Waals surface area contributed by atoms with Crippen LogP contribution >= 0.6 is 11.6 Å². The standard InChI is InChI=1S/C17H23ClN2O5/c1-17(15(21)22)7-9-20(10-17)16(23)19-8-6-11-4-5-12(24-2)14(25-3)13(11)18/h4-5H,6-10H2,1-3H3,(H,19,23)(H,21,22). The van der Waals surface area contributed by atoms with Crippen LogP contribution in [0.15, 0.2) is 12.1 Å². The SMILES string of the molecule is COc1ccc(CCNC(=O)N2CCC(C)(C(=O)O)C2)c(Cl)c1OC. The Bertz CT molecular complexity index is 667. The molecule has 0 bridgehead atoms. The summed E-state index contributed by atoms with van der Waals surface area (Å²) in [5.41, 5.74) is -0.0410. The minimum Gasteiger partial charge on any atom is -0.493 e. The first kappa shape index (κ1) is 19.2. The van der Waals surface area contributed by atoms with Gasteiger partial charge in [0.2, 0.25) is 0 Å². The van der Waals surface area contributed by atoms with Crippen LogP contribution in [0.4, 0.5) is 4.79 Å². The topological polar surface area (TPSA) is 88.1 Å². The van der Waals surface area contributed by atoms with Crippen LogP contribution in [0, 0.1) is 5.41 Å². The van der Waals surface area contributed by atoms with Crippen LogP contribution in [0.5, 0.6) is 11.5 Å². The van der Waals surface area contributed by atoms with Crippen molar-refractivity contribution in [2.24, 2.45) is 5.41 Å². The molecular formula is C17H23ClN2O5. The van der Waals surface area contributed by atoms with Gasteiger partial charge in [-0.25, -0.2) is 4.79 Å². The minimum atomic E-state index is -0.875. The molecule has 1 heterocycles. The van der Waals surface area contributed by atoms with Gasteiger partial charge in [-0.3, -0.25) is 4.79 Å². The molecule has 0 spiro atoms. The maximum absolute atomic E-state index is 12.2. The van der Waals surface area contributed by atoms with E-state index in [4.69, 9.17) is 21.1 Å². The Hall–Kier alpha value is -2.15. The highest BCUT2D eigenvalue weighted by atomic mass is 35.5. The summed E-state index contributed by atoms with van der Waals surface area (Å²) in [7, 11) is 3.05. The van der Waals surface area contributed by atoms with Crippen molar-refractivity contribution in [1.82, 2.24) is 10.2 Å². The average Bonchev–Trinajstić information content (AvgIpc) is 3.00. The normalized spacial score (nSPS) is 19.6. The third kappa shape index (κ3) is 4.10. The number of benzene rings is 1. The highest BCUT2D eigenvalue weighted by Crippen LogP contribution is 2.37. The first-order valence-corrected chi connectivity index (χ1v) is 8.35. The lowest BCUT2D eigenvalue weighted by Crippen LogP contribution is -2.41. The molecule has 2 rings (SSSR count). The van der Waals surface area contributed by atoms with Crippen molar-refractivity contribution in [3.05, 3.63) is 22.7 Å². The van der Waals surface area contributed by atoms with Gasteiger partial charge in [-0.05, 0) is 31.4 Å². The highest BCUT2D eigenvalue weighted by Gasteiger charge is 2.42. The van der Waals surface area contributed by atoms with Gasteiger partial charge in [-0.15, -0.1) is 0 Å². The third-order valence-corrected chi connectivity index (χ3v) is 4.93. The molecule has 1 aliphatic heterocycles. The van der Waals surface area contributed by atoms with Crippen LogP contribution in [0.25, 0.3) is 0 Å². The van der Waals surface area contributed by atoms with Gasteiger partial charge >= 0.3 is 12.0 Å². The van der Waals surface area contributed by atoms with Crippen molar-refractivity contribution in [1.29, 1.82) is 0 Å². The summed E-state index contributed by atoms with van der Waals surface area (Å²) in [6, 6.07) is 3.33. The van der Waals surface area contributed by atoms with Gasteiger partial charge in [0, 0.05) is 19.6 Å². The summed E-state index contributed by atoms with van der Waals surface area (Å²) in [6.45, 7) is 2.69. The molecule has 1 atom stereocenters. The average molecular weight is 371 g/mol. The van der Waals surface area contributed by atoms with E-state index in [1.807, 2.05) is 6.07 Å². The molecule has 138 valence electrons. The molecule has 1 aliphatic rings. The summed E-state index contributed by atoms with van der Waals surface area (Å²) < 4.78 is 10.4. The van der Waals surface area contributed by atoms with Crippen molar-refractivity contribution in [2.75, 3.05) is 33.9 Å². The maximum Gasteiger partial charge on any atom is 0.317 e. The zero-order valence-corrected chi connectivity index (χ0v) is 15.4. The predicted molar refractivity (Wildman–Crippen MR) is 93.6 cm³/mol. The van der Waals surface area contributed by atoms with E-state index in [0.717, 1.165) is 5.56 Å². The van der Waals surface area contributed by atoms with Gasteiger partial charge in [0.25, 0.3) is 0 Å². The number of nitrogens with one attached hydrogen (secondary N) is 1. The van der Waals surface area contributed by atoms with Crippen molar-refractivity contribution in [3.63, 3.8) is 0 Å². The lowest BCUT2D eigenvalue weighted by Gasteiger charge is -2.20. The summed E-state index contributed by atoms with van der Waals surface area (Å²) >= 11 is 6.31. The molecule has 1 unspecified atom stereocenters. The predicted octanol–water partition coefficient (Wildman–Crippen LogP) is 2.41. The summed E-state index contributed by atoms with van der Waals surface area (Å²) in [5.74, 6) is 0.134. The second-order valence-corrected chi connectivity index (χ2v) is 6.67. The fourth-order valence-electron chi connectivity index (χ4n) is 2.85. The first-order valence-electron chi connectivity index (χ1n) is 7.98. The zero-order valence-electron chi connectivity index (χ0n) is 14.6. The number of methoxy groups -OCH3 is 2. The van der Waals surface area contributed by atoms with Gasteiger partial charge in [-0.2, -0.15) is 0 Å². The number of likely N-dealkylation sites (tertiary alicyclic amines) is 1. The molecule has 1 fully saturated rings. The van der Waals surface area contributed by atoms with Crippen LogP contribution < -0.4 is 14.8 Å². The van der Waals surface area contributed by atoms with Gasteiger partial charge in [-0.1, -0.05) is 17.7 Å². The molecular weight excluding hydrogens is 348 g/mol. The number of hydrogen-bond acceptors (Lipinski definition) is 4. The number of carboxylic acids is 1. The quantitative estimate of drug-likeness (QED) is 0.802. The number of carbonyl (C=O) groups is 2. The van der Waals surface area contributed by atoms with E-state index in [-0.39, 0.29) is 12.6 Å². The van der Waals surface area contributed by atoms with E-state index < -0.39 is 11.4 Å². The van der Waals surface area contributed by atoms with Crippen LogP contribution in [-0.2, 0) is 11.2 Å². The van der Waals surface area contributed by atoms with Gasteiger partial charge in [0.1, 0.15) is 0 Å². The molecule has 1 aromatic carbocycles. The fourth-order valence-corrected chi connectivity index (χ4v) is 3.18. The summed E-state index contributed by atoms with van der Waals surface area (Å²) in [5, 5.41) is 12.5. The second-order valence-electron chi connectivity index (χ2n) is 6.29. The van der Waals surface area contributed by atoms with E-state index in [9.17, 15) is 14.7 Å². The Morgan fingerprint density at radius 2 is 2.08 bits per heavy atom. The molecule has 25 heavy (non-hydrogen) atoms. The monoisotopic (exact) mass is 370 g/mol. The molecule has 2 N–H and O–H groups in total. The Morgan fingerprint density at radius 3 is 2.64 bits per heavy atom. The third-order valence-electron chi connectivity index (χ3n) is 4.51. The number of nitrogens with zero attached hydrogens (tertiary/aromatic N) is 1. The highest BCUT2D eigenvalue weighted by molar-refractivity contribution is 6.33. The molecule has 1 saturated heterocycles. The van der Waals surface area contributed by atoms with Gasteiger partial charge in [0.15, 0.2) is 11.5 Å². The van der Waals surface area contributed by atoms with Crippen molar-refractivity contribution >= 4 is 23.6 Å². The molecule has 0 saturated carbocycles. The van der Waals surface area contributed by atoms with Crippen molar-refractivity contribution < 1.29 is 24.2 Å². The van der Waals surface area contributed by atoms with E-state index in [2.05, 4.69) is 5.32 Å². The number of amides is 2. The zero-order chi connectivity index (χ0) is 18.6. The number of rotatable bonds is 6. The van der Waals surface area contributed by atoms with E-state index in [0.29, 0.717) is 42.5 Å². The number of halogens is 1. The second kappa shape index (κ2) is 7.82. The lowest BCUT2D eigenvalue weighted by atomic mass is 9.90. The van der Waals surface area contributed by atoms with Crippen LogP contribution in [0.1, 0.15) is 18.9 Å². The fraction of sp³-hybridized carbons (Fsp3) is 0.529. The number of hydrogen-bond donors (Lipinski definition) is 2. The van der Waals surface area contributed by atoms with Crippen molar-refractivity contribution in [3.8, 4) is 11.5 Å². The maximum atomic E-state index is 12.2. The number of aliphatic carboxylic acids is 1. The summed E-state index contributed by atoms with van der Waals surface area (Å²) in [4.78, 5) is 25.0. The van der Waals surface area contributed by atoms with Crippen LogP contribution in [0.2, 0.25) is 5.02 Å². The Kier molecular flexibility index (Phi) is 6.00. The first-order chi connectivity index (χ1) is 11.8. The number of urea groups is 1. The molecule has 0 radical (unpaired) electrons. The largest absolute Gasteiger partial charge is 0.493 e. The molecule has 7 nitrogen and oxygen atoms in total. The van der Waals surface area contributed by atoms with Gasteiger partial charge < -0.3 is 24.8 Å². The molecule has 0 aliphatic carbocycles. The molecule has 1 aromatic rings. The smallest absolute Gasteiger partial charge is 0.317 e. The molecule has 0 aromatic heterocycles. The van der Waals surface area contributed by atoms with Crippen LogP contribution in [-0.4, -0.2) is 55.9 Å². The molecule has 2 amide bonds. The number of carbonyl (C=O) groups excluding carboxylic acids is 1. The minimum absolute atomic E-state index is 0.214. The Balaban J connectivity index is 1.91. The summed E-state index contributed by atoms with van der Waals surface area (Å²) in [6.07, 6.45) is 0.978. The number of carboxylic acid groups (broad SMARTS) is 1. The van der Waals surface area contributed by atoms with Crippen molar-refractivity contribution in [2.45, 2.75) is 19.8 Å². The number of ether oxygens (including phenoxy) is 2. The van der Waals surface area contributed by atoms with E-state index in [1.54, 1.807) is 13.0 Å². The Morgan fingerprint density at radius 1 is 1.36 bits per heavy atom. The van der Waals surface area contributed by atoms with E-state index >= 15 is 0 Å². The lowest BCUT2D eigenvalue weighted by molar-refractivity contribution is -0.146.